The number of hydrogen-bond acceptors (Lipinski definition) is 6. The highest BCUT2D eigenvalue weighted by Gasteiger charge is 2.12. The Hall–Kier alpha value is -2.19. The van der Waals surface area contributed by atoms with Gasteiger partial charge in [-0.25, -0.2) is 0 Å². The van der Waals surface area contributed by atoms with Crippen LogP contribution in [0.2, 0.25) is 0 Å². The number of rotatable bonds is 8. The van der Waals surface area contributed by atoms with Gasteiger partial charge in [0.1, 0.15) is 5.69 Å². The number of carbonyl (C=O) groups is 1. The molecule has 0 aliphatic carbocycles. The summed E-state index contributed by atoms with van der Waals surface area (Å²) in [5.74, 6) is -0.0654. The van der Waals surface area contributed by atoms with Crippen LogP contribution in [0.3, 0.4) is 0 Å². The molecule has 2 rings (SSSR count). The lowest BCUT2D eigenvalue weighted by Crippen LogP contribution is -2.41. The Kier molecular flexibility index (Phi) is 6.76. The first-order chi connectivity index (χ1) is 11.2. The molecule has 1 heterocycles. The number of ether oxygens (including phenoxy) is 1. The minimum atomic E-state index is -0.440. The number of benzene rings is 1. The lowest BCUT2D eigenvalue weighted by molar-refractivity contribution is -0.384. The molecule has 1 aliphatic heterocycles. The molecule has 0 aromatic heterocycles. The van der Waals surface area contributed by atoms with E-state index in [1.807, 2.05) is 0 Å². The van der Waals surface area contributed by atoms with E-state index in [2.05, 4.69) is 15.5 Å². The Morgan fingerprint density at radius 1 is 1.26 bits per heavy atom. The highest BCUT2D eigenvalue weighted by Crippen LogP contribution is 2.22. The predicted octanol–water partition coefficient (Wildman–Crippen LogP) is 0.845. The lowest BCUT2D eigenvalue weighted by atomic mass is 10.2. The van der Waals surface area contributed by atoms with Gasteiger partial charge < -0.3 is 15.4 Å². The molecule has 0 unspecified atom stereocenters. The molecule has 0 bridgehead atoms. The van der Waals surface area contributed by atoms with Gasteiger partial charge in [0.25, 0.3) is 5.69 Å². The molecule has 1 saturated heterocycles. The fraction of sp³-hybridized carbons (Fsp3) is 0.533. The van der Waals surface area contributed by atoms with Crippen LogP contribution in [-0.2, 0) is 9.53 Å². The van der Waals surface area contributed by atoms with Crippen LogP contribution in [0, 0.1) is 10.1 Å². The zero-order valence-corrected chi connectivity index (χ0v) is 13.0. The van der Waals surface area contributed by atoms with Crippen molar-refractivity contribution in [2.24, 2.45) is 0 Å². The van der Waals surface area contributed by atoms with Crippen LogP contribution in [0.15, 0.2) is 24.3 Å². The van der Waals surface area contributed by atoms with Gasteiger partial charge in [0, 0.05) is 45.2 Å². The van der Waals surface area contributed by atoms with Gasteiger partial charge in [0.15, 0.2) is 0 Å². The van der Waals surface area contributed by atoms with E-state index in [1.54, 1.807) is 18.2 Å². The molecule has 1 aromatic rings. The van der Waals surface area contributed by atoms with Gasteiger partial charge in [0.2, 0.25) is 5.91 Å². The van der Waals surface area contributed by atoms with Crippen molar-refractivity contribution >= 4 is 17.3 Å². The first kappa shape index (κ1) is 17.2. The van der Waals surface area contributed by atoms with Crippen molar-refractivity contribution in [2.45, 2.75) is 6.42 Å². The third-order valence-electron chi connectivity index (χ3n) is 3.62. The molecule has 0 saturated carbocycles. The van der Waals surface area contributed by atoms with Gasteiger partial charge in [-0.05, 0) is 6.07 Å². The maximum atomic E-state index is 11.8. The van der Waals surface area contributed by atoms with Gasteiger partial charge in [-0.15, -0.1) is 0 Å². The number of carbonyl (C=O) groups excluding carboxylic acids is 1. The average molecular weight is 322 g/mol. The molecule has 1 fully saturated rings. The Morgan fingerprint density at radius 3 is 2.74 bits per heavy atom. The fourth-order valence-electron chi connectivity index (χ4n) is 2.36. The number of morpholine rings is 1. The standard InChI is InChI=1S/C15H22N4O4/c20-15(17-7-8-18-9-11-23-12-10-18)5-6-16-13-3-1-2-4-14(13)19(21)22/h1-4,16H,5-12H2,(H,17,20). The summed E-state index contributed by atoms with van der Waals surface area (Å²) in [6, 6.07) is 6.40. The summed E-state index contributed by atoms with van der Waals surface area (Å²) in [5, 5.41) is 16.7. The molecule has 0 radical (unpaired) electrons. The van der Waals surface area contributed by atoms with E-state index in [0.29, 0.717) is 18.8 Å². The summed E-state index contributed by atoms with van der Waals surface area (Å²) in [7, 11) is 0. The maximum Gasteiger partial charge on any atom is 0.292 e. The Morgan fingerprint density at radius 2 is 2.00 bits per heavy atom. The number of para-hydroxylation sites is 2. The summed E-state index contributed by atoms with van der Waals surface area (Å²) in [4.78, 5) is 24.5. The van der Waals surface area contributed by atoms with Crippen LogP contribution in [0.25, 0.3) is 0 Å². The largest absolute Gasteiger partial charge is 0.379 e. The fourth-order valence-corrected chi connectivity index (χ4v) is 2.36. The average Bonchev–Trinajstić information content (AvgIpc) is 2.56. The van der Waals surface area contributed by atoms with Gasteiger partial charge in [-0.3, -0.25) is 19.8 Å². The first-order valence-corrected chi connectivity index (χ1v) is 7.71. The number of nitro groups is 1. The molecule has 23 heavy (non-hydrogen) atoms. The predicted molar refractivity (Wildman–Crippen MR) is 86.5 cm³/mol. The Balaban J connectivity index is 1.64. The van der Waals surface area contributed by atoms with E-state index in [-0.39, 0.29) is 18.0 Å². The minimum absolute atomic E-state index is 0.0141. The highest BCUT2D eigenvalue weighted by molar-refractivity contribution is 5.76. The quantitative estimate of drug-likeness (QED) is 0.544. The third-order valence-corrected chi connectivity index (χ3v) is 3.62. The Labute approximate surface area is 134 Å². The lowest BCUT2D eigenvalue weighted by Gasteiger charge is -2.26. The van der Waals surface area contributed by atoms with Gasteiger partial charge >= 0.3 is 0 Å². The molecule has 1 aliphatic rings. The van der Waals surface area contributed by atoms with Crippen molar-refractivity contribution in [2.75, 3.05) is 51.3 Å². The van der Waals surface area contributed by atoms with Gasteiger partial charge in [-0.2, -0.15) is 0 Å². The van der Waals surface area contributed by atoms with E-state index >= 15 is 0 Å². The topological polar surface area (TPSA) is 96.7 Å². The van der Waals surface area contributed by atoms with Crippen molar-refractivity contribution < 1.29 is 14.5 Å². The molecule has 0 spiro atoms. The molecule has 2 N–H and O–H groups in total. The molecule has 0 atom stereocenters. The number of nitrogens with one attached hydrogen (secondary N) is 2. The number of nitrogens with zero attached hydrogens (tertiary/aromatic N) is 2. The molecular formula is C15H22N4O4. The van der Waals surface area contributed by atoms with Crippen molar-refractivity contribution in [3.63, 3.8) is 0 Å². The third kappa shape index (κ3) is 5.84. The maximum absolute atomic E-state index is 11.8. The van der Waals surface area contributed by atoms with E-state index < -0.39 is 4.92 Å². The molecule has 8 nitrogen and oxygen atoms in total. The first-order valence-electron chi connectivity index (χ1n) is 7.71. The molecular weight excluding hydrogens is 300 g/mol. The highest BCUT2D eigenvalue weighted by atomic mass is 16.6. The summed E-state index contributed by atoms with van der Waals surface area (Å²) < 4.78 is 5.26. The van der Waals surface area contributed by atoms with E-state index in [1.165, 1.54) is 6.07 Å². The van der Waals surface area contributed by atoms with Gasteiger partial charge in [-0.1, -0.05) is 12.1 Å². The smallest absolute Gasteiger partial charge is 0.292 e. The summed E-state index contributed by atoms with van der Waals surface area (Å²) in [6.45, 7) is 5.05. The normalized spacial score (nSPS) is 15.1. The van der Waals surface area contributed by atoms with Crippen molar-refractivity contribution in [1.29, 1.82) is 0 Å². The molecule has 1 amide bonds. The van der Waals surface area contributed by atoms with Crippen LogP contribution < -0.4 is 10.6 Å². The van der Waals surface area contributed by atoms with Crippen molar-refractivity contribution in [3.8, 4) is 0 Å². The number of nitro benzene ring substituents is 1. The second-order valence-corrected chi connectivity index (χ2v) is 5.26. The van der Waals surface area contributed by atoms with Gasteiger partial charge in [0.05, 0.1) is 18.1 Å². The van der Waals surface area contributed by atoms with Crippen LogP contribution >= 0.6 is 0 Å². The summed E-state index contributed by atoms with van der Waals surface area (Å²) in [5.41, 5.74) is 0.443. The SMILES string of the molecule is O=C(CCNc1ccccc1[N+](=O)[O-])NCCN1CCOCC1. The van der Waals surface area contributed by atoms with Crippen LogP contribution in [0.1, 0.15) is 6.42 Å². The second-order valence-electron chi connectivity index (χ2n) is 5.26. The molecule has 1 aromatic carbocycles. The summed E-state index contributed by atoms with van der Waals surface area (Å²) >= 11 is 0. The molecule has 126 valence electrons. The van der Waals surface area contributed by atoms with Crippen molar-refractivity contribution in [3.05, 3.63) is 34.4 Å². The number of anilines is 1. The number of hydrogen-bond donors (Lipinski definition) is 2. The minimum Gasteiger partial charge on any atom is -0.379 e. The molecule has 8 heteroatoms. The monoisotopic (exact) mass is 322 g/mol. The van der Waals surface area contributed by atoms with E-state index in [9.17, 15) is 14.9 Å². The number of amides is 1. The Bertz CT molecular complexity index is 532. The zero-order valence-electron chi connectivity index (χ0n) is 13.0. The summed E-state index contributed by atoms with van der Waals surface area (Å²) in [6.07, 6.45) is 0.273. The van der Waals surface area contributed by atoms with Crippen molar-refractivity contribution in [1.82, 2.24) is 10.2 Å². The van der Waals surface area contributed by atoms with Crippen LogP contribution in [-0.4, -0.2) is 61.7 Å². The van der Waals surface area contributed by atoms with E-state index in [0.717, 1.165) is 32.8 Å². The second kappa shape index (κ2) is 9.06. The van der Waals surface area contributed by atoms with E-state index in [4.69, 9.17) is 4.74 Å². The van der Waals surface area contributed by atoms with Crippen LogP contribution in [0.5, 0.6) is 0 Å². The zero-order chi connectivity index (χ0) is 16.5. The van der Waals surface area contributed by atoms with Crippen LogP contribution in [0.4, 0.5) is 11.4 Å².